The molecule has 3 atom stereocenters. The molecule has 0 bridgehead atoms. The highest BCUT2D eigenvalue weighted by Crippen LogP contribution is 2.34. The summed E-state index contributed by atoms with van der Waals surface area (Å²) < 4.78 is 7.65. The van der Waals surface area contributed by atoms with Gasteiger partial charge in [0.1, 0.15) is 0 Å². The van der Waals surface area contributed by atoms with Gasteiger partial charge in [0.05, 0.1) is 24.3 Å². The third-order valence-corrected chi connectivity index (χ3v) is 4.30. The summed E-state index contributed by atoms with van der Waals surface area (Å²) >= 11 is 0. The molecule has 0 aromatic carbocycles. The Hall–Kier alpha value is -2.21. The summed E-state index contributed by atoms with van der Waals surface area (Å²) in [6.07, 6.45) is 7.75. The fourth-order valence-electron chi connectivity index (χ4n) is 2.94. The number of ether oxygens (including phenoxy) is 1. The van der Waals surface area contributed by atoms with Gasteiger partial charge in [0.25, 0.3) is 0 Å². The summed E-state index contributed by atoms with van der Waals surface area (Å²) in [7, 11) is 0. The first-order chi connectivity index (χ1) is 11.2. The minimum Gasteiger partial charge on any atom is -0.373 e. The van der Waals surface area contributed by atoms with Gasteiger partial charge in [-0.15, -0.1) is 0 Å². The molecule has 122 valence electrons. The third-order valence-electron chi connectivity index (χ3n) is 4.30. The molecule has 1 fully saturated rings. The molecule has 6 nitrogen and oxygen atoms in total. The number of nitrogens with zero attached hydrogens (tertiary/aromatic N) is 3. The third kappa shape index (κ3) is 3.42. The van der Waals surface area contributed by atoms with Gasteiger partial charge >= 0.3 is 0 Å². The Morgan fingerprint density at radius 2 is 2.26 bits per heavy atom. The lowest BCUT2D eigenvalue weighted by Gasteiger charge is -2.20. The summed E-state index contributed by atoms with van der Waals surface area (Å²) in [6.45, 7) is 5.42. The molecule has 23 heavy (non-hydrogen) atoms. The van der Waals surface area contributed by atoms with E-state index in [1.807, 2.05) is 36.9 Å². The average molecular weight is 314 g/mol. The van der Waals surface area contributed by atoms with Crippen LogP contribution in [0.3, 0.4) is 0 Å². The topological polar surface area (TPSA) is 69.0 Å². The molecule has 2 aromatic heterocycles. The van der Waals surface area contributed by atoms with Gasteiger partial charge in [-0.3, -0.25) is 14.5 Å². The van der Waals surface area contributed by atoms with Crippen molar-refractivity contribution in [2.45, 2.75) is 39.0 Å². The van der Waals surface area contributed by atoms with Crippen LogP contribution in [0.5, 0.6) is 0 Å². The average Bonchev–Trinajstić information content (AvgIpc) is 3.24. The predicted molar refractivity (Wildman–Crippen MR) is 85.5 cm³/mol. The van der Waals surface area contributed by atoms with Crippen LogP contribution in [-0.2, 0) is 16.1 Å². The maximum absolute atomic E-state index is 12.7. The first-order valence-electron chi connectivity index (χ1n) is 8.03. The Morgan fingerprint density at radius 3 is 2.96 bits per heavy atom. The van der Waals surface area contributed by atoms with Crippen molar-refractivity contribution in [3.05, 3.63) is 48.0 Å². The molecule has 6 heteroatoms. The first-order valence-corrected chi connectivity index (χ1v) is 8.03. The SMILES string of the molecule is CCn1cc([C@H]2OCC[C@@H]2C(=O)N[C@H](C)c2ccncc2)cn1. The second kappa shape index (κ2) is 6.91. The number of rotatable bonds is 5. The van der Waals surface area contributed by atoms with Crippen molar-refractivity contribution < 1.29 is 9.53 Å². The number of nitrogens with one attached hydrogen (secondary N) is 1. The van der Waals surface area contributed by atoms with Crippen molar-refractivity contribution in [3.8, 4) is 0 Å². The molecule has 1 aliphatic rings. The fraction of sp³-hybridized carbons (Fsp3) is 0.471. The van der Waals surface area contributed by atoms with E-state index in [4.69, 9.17) is 4.74 Å². The Labute approximate surface area is 135 Å². The minimum atomic E-state index is -0.208. The zero-order valence-electron chi connectivity index (χ0n) is 13.5. The Kier molecular flexibility index (Phi) is 4.71. The summed E-state index contributed by atoms with van der Waals surface area (Å²) in [5.74, 6) is -0.144. The number of hydrogen-bond acceptors (Lipinski definition) is 4. The molecule has 1 amide bonds. The number of aromatic nitrogens is 3. The van der Waals surface area contributed by atoms with Crippen molar-refractivity contribution in [1.29, 1.82) is 0 Å². The van der Waals surface area contributed by atoms with Crippen molar-refractivity contribution in [1.82, 2.24) is 20.1 Å². The lowest BCUT2D eigenvalue weighted by molar-refractivity contribution is -0.127. The lowest BCUT2D eigenvalue weighted by Crippen LogP contribution is -2.34. The minimum absolute atomic E-state index is 0.0288. The van der Waals surface area contributed by atoms with E-state index in [-0.39, 0.29) is 24.0 Å². The number of hydrogen-bond donors (Lipinski definition) is 1. The molecule has 1 N–H and O–H groups in total. The fourth-order valence-corrected chi connectivity index (χ4v) is 2.94. The van der Waals surface area contributed by atoms with E-state index in [0.29, 0.717) is 6.61 Å². The molecular weight excluding hydrogens is 292 g/mol. The molecule has 0 radical (unpaired) electrons. The maximum atomic E-state index is 12.7. The monoisotopic (exact) mass is 314 g/mol. The van der Waals surface area contributed by atoms with Crippen LogP contribution in [0.15, 0.2) is 36.9 Å². The van der Waals surface area contributed by atoms with Gasteiger partial charge in [-0.25, -0.2) is 0 Å². The van der Waals surface area contributed by atoms with E-state index in [1.54, 1.807) is 18.6 Å². The van der Waals surface area contributed by atoms with Gasteiger partial charge in [-0.05, 0) is 38.0 Å². The van der Waals surface area contributed by atoms with Gasteiger partial charge in [0.2, 0.25) is 5.91 Å². The summed E-state index contributed by atoms with van der Waals surface area (Å²) in [4.78, 5) is 16.7. The van der Waals surface area contributed by atoms with E-state index in [2.05, 4.69) is 15.4 Å². The highest BCUT2D eigenvalue weighted by molar-refractivity contribution is 5.80. The molecule has 1 aliphatic heterocycles. The Bertz CT molecular complexity index is 656. The molecular formula is C17H22N4O2. The van der Waals surface area contributed by atoms with E-state index >= 15 is 0 Å². The Balaban J connectivity index is 1.68. The molecule has 0 unspecified atom stereocenters. The second-order valence-corrected chi connectivity index (χ2v) is 5.83. The Morgan fingerprint density at radius 1 is 1.48 bits per heavy atom. The van der Waals surface area contributed by atoms with Crippen LogP contribution in [0.2, 0.25) is 0 Å². The van der Waals surface area contributed by atoms with Gasteiger partial charge in [-0.1, -0.05) is 0 Å². The molecule has 2 aromatic rings. The lowest BCUT2D eigenvalue weighted by atomic mass is 9.96. The molecule has 0 aliphatic carbocycles. The van der Waals surface area contributed by atoms with E-state index in [9.17, 15) is 4.79 Å². The standard InChI is InChI=1S/C17H22N4O2/c1-3-21-11-14(10-19-21)16-15(6-9-23-16)17(22)20-12(2)13-4-7-18-8-5-13/h4-5,7-8,10-12,15-16H,3,6,9H2,1-2H3,(H,20,22)/t12-,15+,16-/m1/s1. The van der Waals surface area contributed by atoms with Crippen molar-refractivity contribution in [2.75, 3.05) is 6.61 Å². The second-order valence-electron chi connectivity index (χ2n) is 5.83. The number of pyridine rings is 1. The van der Waals surface area contributed by atoms with Crippen LogP contribution in [-0.4, -0.2) is 27.3 Å². The zero-order valence-corrected chi connectivity index (χ0v) is 13.5. The van der Waals surface area contributed by atoms with Gasteiger partial charge in [-0.2, -0.15) is 5.10 Å². The molecule has 3 rings (SSSR count). The smallest absolute Gasteiger partial charge is 0.226 e. The van der Waals surface area contributed by atoms with Crippen molar-refractivity contribution >= 4 is 5.91 Å². The van der Waals surface area contributed by atoms with Crippen LogP contribution >= 0.6 is 0 Å². The molecule has 0 spiro atoms. The van der Waals surface area contributed by atoms with Gasteiger partial charge < -0.3 is 10.1 Å². The first kappa shape index (κ1) is 15.7. The van der Waals surface area contributed by atoms with Gasteiger partial charge in [0, 0.05) is 37.3 Å². The summed E-state index contributed by atoms with van der Waals surface area (Å²) in [5, 5.41) is 7.36. The summed E-state index contributed by atoms with van der Waals surface area (Å²) in [5.41, 5.74) is 2.02. The van der Waals surface area contributed by atoms with Gasteiger partial charge in [0.15, 0.2) is 0 Å². The van der Waals surface area contributed by atoms with Crippen LogP contribution in [0, 0.1) is 5.92 Å². The quantitative estimate of drug-likeness (QED) is 0.919. The highest BCUT2D eigenvalue weighted by Gasteiger charge is 2.36. The predicted octanol–water partition coefficient (Wildman–Crippen LogP) is 2.25. The van der Waals surface area contributed by atoms with Crippen LogP contribution in [0.25, 0.3) is 0 Å². The van der Waals surface area contributed by atoms with Crippen molar-refractivity contribution in [2.24, 2.45) is 5.92 Å². The maximum Gasteiger partial charge on any atom is 0.226 e. The molecule has 3 heterocycles. The number of amides is 1. The molecule has 0 saturated carbocycles. The van der Waals surface area contributed by atoms with Crippen LogP contribution in [0.1, 0.15) is 43.5 Å². The zero-order chi connectivity index (χ0) is 16.2. The largest absolute Gasteiger partial charge is 0.373 e. The van der Waals surface area contributed by atoms with E-state index in [0.717, 1.165) is 24.1 Å². The normalized spacial score (nSPS) is 22.0. The number of carbonyl (C=O) groups is 1. The van der Waals surface area contributed by atoms with E-state index in [1.165, 1.54) is 0 Å². The van der Waals surface area contributed by atoms with Crippen LogP contribution < -0.4 is 5.32 Å². The highest BCUT2D eigenvalue weighted by atomic mass is 16.5. The van der Waals surface area contributed by atoms with Crippen molar-refractivity contribution in [3.63, 3.8) is 0 Å². The number of carbonyl (C=O) groups excluding carboxylic acids is 1. The number of aryl methyl sites for hydroxylation is 1. The van der Waals surface area contributed by atoms with E-state index < -0.39 is 0 Å². The molecule has 1 saturated heterocycles. The van der Waals surface area contributed by atoms with Crippen LogP contribution in [0.4, 0.5) is 0 Å². The summed E-state index contributed by atoms with van der Waals surface area (Å²) in [6, 6.07) is 3.78.